The third-order valence-corrected chi connectivity index (χ3v) is 5.17. The summed E-state index contributed by atoms with van der Waals surface area (Å²) in [4.78, 5) is 24.8. The van der Waals surface area contributed by atoms with Gasteiger partial charge >= 0.3 is 6.03 Å². The zero-order valence-electron chi connectivity index (χ0n) is 16.5. The number of amides is 1. The predicted octanol–water partition coefficient (Wildman–Crippen LogP) is 1.93. The SMILES string of the molecule is COc1ccc(C(c2cccnc2)N2CCN(C(=O)n3cnc(C#N)n3)CC2)cc1. The predicted molar refractivity (Wildman–Crippen MR) is 108 cm³/mol. The maximum atomic E-state index is 12.7. The van der Waals surface area contributed by atoms with E-state index in [9.17, 15) is 4.79 Å². The van der Waals surface area contributed by atoms with Gasteiger partial charge in [-0.15, -0.1) is 5.10 Å². The van der Waals surface area contributed by atoms with Crippen LogP contribution < -0.4 is 4.74 Å². The average molecular weight is 403 g/mol. The second-order valence-electron chi connectivity index (χ2n) is 6.89. The number of carbonyl (C=O) groups excluding carboxylic acids is 1. The second-order valence-corrected chi connectivity index (χ2v) is 6.89. The van der Waals surface area contributed by atoms with Gasteiger partial charge in [-0.3, -0.25) is 9.88 Å². The summed E-state index contributed by atoms with van der Waals surface area (Å²) in [5.41, 5.74) is 2.23. The van der Waals surface area contributed by atoms with Crippen molar-refractivity contribution in [2.45, 2.75) is 6.04 Å². The molecule has 1 aliphatic rings. The first-order valence-electron chi connectivity index (χ1n) is 9.58. The number of hydrogen-bond donors (Lipinski definition) is 0. The topological polar surface area (TPSA) is 100 Å². The van der Waals surface area contributed by atoms with Gasteiger partial charge in [0, 0.05) is 38.6 Å². The molecule has 1 amide bonds. The Hall–Kier alpha value is -3.77. The van der Waals surface area contributed by atoms with E-state index in [1.807, 2.05) is 30.5 Å². The normalized spacial score (nSPS) is 15.4. The summed E-state index contributed by atoms with van der Waals surface area (Å²) in [6, 6.07) is 13.6. The highest BCUT2D eigenvalue weighted by Gasteiger charge is 2.29. The lowest BCUT2D eigenvalue weighted by Gasteiger charge is -2.39. The van der Waals surface area contributed by atoms with E-state index < -0.39 is 0 Å². The molecule has 9 heteroatoms. The number of hydrogen-bond acceptors (Lipinski definition) is 7. The van der Waals surface area contributed by atoms with Gasteiger partial charge in [-0.25, -0.2) is 9.78 Å². The molecule has 1 atom stereocenters. The van der Waals surface area contributed by atoms with Crippen molar-refractivity contribution in [2.24, 2.45) is 0 Å². The van der Waals surface area contributed by atoms with Crippen molar-refractivity contribution in [3.8, 4) is 11.8 Å². The highest BCUT2D eigenvalue weighted by molar-refractivity contribution is 5.75. The minimum absolute atomic E-state index is 0.0156. The van der Waals surface area contributed by atoms with Crippen molar-refractivity contribution in [3.63, 3.8) is 0 Å². The quantitative estimate of drug-likeness (QED) is 0.656. The fourth-order valence-corrected chi connectivity index (χ4v) is 3.66. The number of methoxy groups -OCH3 is 1. The van der Waals surface area contributed by atoms with Gasteiger partial charge in [-0.05, 0) is 29.3 Å². The van der Waals surface area contributed by atoms with Gasteiger partial charge in [0.05, 0.1) is 13.2 Å². The molecule has 0 bridgehead atoms. The fourth-order valence-electron chi connectivity index (χ4n) is 3.66. The molecule has 1 aromatic carbocycles. The molecule has 0 radical (unpaired) electrons. The second kappa shape index (κ2) is 8.71. The molecular formula is C21H21N7O2. The standard InChI is InChI=1S/C21H21N7O2/c1-30-18-6-4-16(5-7-18)20(17-3-2-8-23-14-17)26-9-11-27(12-10-26)21(29)28-15-24-19(13-22)25-28/h2-8,14-15,20H,9-12H2,1H3. The van der Waals surface area contributed by atoms with Crippen molar-refractivity contribution in [3.05, 3.63) is 72.1 Å². The monoisotopic (exact) mass is 403 g/mol. The van der Waals surface area contributed by atoms with Crippen molar-refractivity contribution < 1.29 is 9.53 Å². The third kappa shape index (κ3) is 3.99. The van der Waals surface area contributed by atoms with Crippen molar-refractivity contribution in [2.75, 3.05) is 33.3 Å². The van der Waals surface area contributed by atoms with Crippen molar-refractivity contribution in [1.29, 1.82) is 5.26 Å². The number of aromatic nitrogens is 4. The molecule has 4 rings (SSSR count). The summed E-state index contributed by atoms with van der Waals surface area (Å²) in [5.74, 6) is 0.793. The van der Waals surface area contributed by atoms with Gasteiger partial charge < -0.3 is 9.64 Å². The lowest BCUT2D eigenvalue weighted by atomic mass is 9.97. The lowest BCUT2D eigenvalue weighted by molar-refractivity contribution is 0.119. The molecule has 1 unspecified atom stereocenters. The number of rotatable bonds is 4. The van der Waals surface area contributed by atoms with E-state index in [1.54, 1.807) is 18.2 Å². The van der Waals surface area contributed by atoms with E-state index in [0.717, 1.165) is 21.6 Å². The molecule has 30 heavy (non-hydrogen) atoms. The summed E-state index contributed by atoms with van der Waals surface area (Å²) in [5, 5.41) is 12.7. The van der Waals surface area contributed by atoms with Crippen LogP contribution in [0.2, 0.25) is 0 Å². The van der Waals surface area contributed by atoms with Gasteiger partial charge in [0.15, 0.2) is 0 Å². The van der Waals surface area contributed by atoms with Crippen LogP contribution in [0.1, 0.15) is 23.0 Å². The molecule has 1 fully saturated rings. The third-order valence-electron chi connectivity index (χ3n) is 5.17. The van der Waals surface area contributed by atoms with E-state index in [0.29, 0.717) is 26.2 Å². The molecule has 0 aliphatic carbocycles. The Balaban J connectivity index is 1.51. The van der Waals surface area contributed by atoms with Gasteiger partial charge in [-0.1, -0.05) is 18.2 Å². The van der Waals surface area contributed by atoms with E-state index in [-0.39, 0.29) is 17.9 Å². The maximum absolute atomic E-state index is 12.7. The van der Waals surface area contributed by atoms with Gasteiger partial charge in [0.1, 0.15) is 18.1 Å². The van der Waals surface area contributed by atoms with Crippen molar-refractivity contribution in [1.82, 2.24) is 29.5 Å². The number of ether oxygens (including phenoxy) is 1. The fraction of sp³-hybridized carbons (Fsp3) is 0.286. The molecule has 0 N–H and O–H groups in total. The lowest BCUT2D eigenvalue weighted by Crippen LogP contribution is -2.51. The summed E-state index contributed by atoms with van der Waals surface area (Å²) < 4.78 is 6.41. The highest BCUT2D eigenvalue weighted by Crippen LogP contribution is 2.30. The Morgan fingerprint density at radius 3 is 2.50 bits per heavy atom. The van der Waals surface area contributed by atoms with Crippen LogP contribution in [-0.2, 0) is 0 Å². The minimum atomic E-state index is -0.272. The molecule has 0 saturated carbocycles. The maximum Gasteiger partial charge on any atom is 0.346 e. The Kier molecular flexibility index (Phi) is 5.68. The molecule has 1 saturated heterocycles. The van der Waals surface area contributed by atoms with Crippen LogP contribution in [-0.4, -0.2) is 68.9 Å². The van der Waals surface area contributed by atoms with E-state index in [4.69, 9.17) is 10.00 Å². The van der Waals surface area contributed by atoms with Gasteiger partial charge in [-0.2, -0.15) is 9.94 Å². The number of nitriles is 1. The zero-order chi connectivity index (χ0) is 20.9. The van der Waals surface area contributed by atoms with E-state index in [2.05, 4.69) is 38.2 Å². The molecule has 2 aromatic heterocycles. The van der Waals surface area contributed by atoms with E-state index >= 15 is 0 Å². The molecule has 9 nitrogen and oxygen atoms in total. The zero-order valence-corrected chi connectivity index (χ0v) is 16.5. The molecular weight excluding hydrogens is 382 g/mol. The summed E-state index contributed by atoms with van der Waals surface area (Å²) in [6.07, 6.45) is 4.92. The van der Waals surface area contributed by atoms with Crippen LogP contribution in [0.4, 0.5) is 4.79 Å². The van der Waals surface area contributed by atoms with Gasteiger partial charge in [0.25, 0.3) is 5.82 Å². The molecule has 0 spiro atoms. The largest absolute Gasteiger partial charge is 0.497 e. The Bertz CT molecular complexity index is 1040. The van der Waals surface area contributed by atoms with Crippen LogP contribution in [0.5, 0.6) is 5.75 Å². The van der Waals surface area contributed by atoms with Crippen LogP contribution in [0.25, 0.3) is 0 Å². The van der Waals surface area contributed by atoms with Crippen LogP contribution in [0.3, 0.4) is 0 Å². The summed E-state index contributed by atoms with van der Waals surface area (Å²) >= 11 is 0. The Labute approximate surface area is 174 Å². The summed E-state index contributed by atoms with van der Waals surface area (Å²) in [6.45, 7) is 2.48. The van der Waals surface area contributed by atoms with Crippen LogP contribution in [0, 0.1) is 11.3 Å². The minimum Gasteiger partial charge on any atom is -0.497 e. The molecule has 1 aliphatic heterocycles. The first kappa shape index (κ1) is 19.5. The molecule has 3 heterocycles. The average Bonchev–Trinajstić information content (AvgIpc) is 3.30. The van der Waals surface area contributed by atoms with Gasteiger partial charge in [0.2, 0.25) is 0 Å². The first-order valence-corrected chi connectivity index (χ1v) is 9.58. The number of benzene rings is 1. The van der Waals surface area contributed by atoms with Crippen LogP contribution >= 0.6 is 0 Å². The number of piperazine rings is 1. The van der Waals surface area contributed by atoms with Crippen LogP contribution in [0.15, 0.2) is 55.1 Å². The van der Waals surface area contributed by atoms with Crippen molar-refractivity contribution >= 4 is 6.03 Å². The highest BCUT2D eigenvalue weighted by atomic mass is 16.5. The smallest absolute Gasteiger partial charge is 0.346 e. The first-order chi connectivity index (χ1) is 14.7. The molecule has 3 aromatic rings. The van der Waals surface area contributed by atoms with E-state index in [1.165, 1.54) is 6.33 Å². The number of carbonyl (C=O) groups is 1. The molecule has 152 valence electrons. The Morgan fingerprint density at radius 2 is 1.90 bits per heavy atom. The Morgan fingerprint density at radius 1 is 1.13 bits per heavy atom. The number of pyridine rings is 1. The summed E-state index contributed by atoms with van der Waals surface area (Å²) in [7, 11) is 1.65. The number of nitrogens with zero attached hydrogens (tertiary/aromatic N) is 7.